The molecule has 0 spiro atoms. The number of hydrogen-bond donors (Lipinski definition) is 2. The summed E-state index contributed by atoms with van der Waals surface area (Å²) in [6.45, 7) is 3.92. The fourth-order valence-corrected chi connectivity index (χ4v) is 0.857. The number of benzene rings is 1. The molecular formula is C12H18N2O. The molecule has 0 saturated carbocycles. The van der Waals surface area contributed by atoms with Gasteiger partial charge in [0.1, 0.15) is 0 Å². The van der Waals surface area contributed by atoms with Crippen molar-refractivity contribution in [1.82, 2.24) is 10.6 Å². The molecule has 0 aliphatic rings. The van der Waals surface area contributed by atoms with Gasteiger partial charge in [0.05, 0.1) is 0 Å². The van der Waals surface area contributed by atoms with Crippen LogP contribution in [0.4, 0.5) is 0 Å². The van der Waals surface area contributed by atoms with Crippen molar-refractivity contribution in [3.8, 4) is 0 Å². The van der Waals surface area contributed by atoms with Crippen LogP contribution in [0.3, 0.4) is 0 Å². The van der Waals surface area contributed by atoms with Gasteiger partial charge < -0.3 is 10.6 Å². The molecule has 0 aromatic heterocycles. The molecule has 0 saturated heterocycles. The first-order valence-electron chi connectivity index (χ1n) is 4.77. The second kappa shape index (κ2) is 8.97. The van der Waals surface area contributed by atoms with Gasteiger partial charge in [0.15, 0.2) is 0 Å². The lowest BCUT2D eigenvalue weighted by molar-refractivity contribution is -0.116. The van der Waals surface area contributed by atoms with Crippen LogP contribution in [0.15, 0.2) is 43.0 Å². The van der Waals surface area contributed by atoms with E-state index in [-0.39, 0.29) is 5.91 Å². The molecule has 0 unspecified atom stereocenters. The molecule has 1 aromatic rings. The normalized spacial score (nSPS) is 8.40. The highest BCUT2D eigenvalue weighted by Crippen LogP contribution is 1.96. The summed E-state index contributed by atoms with van der Waals surface area (Å²) in [4.78, 5) is 10.8. The third kappa shape index (κ3) is 7.46. The highest BCUT2D eigenvalue weighted by Gasteiger charge is 1.93. The third-order valence-corrected chi connectivity index (χ3v) is 1.49. The maximum Gasteiger partial charge on any atom is 0.243 e. The highest BCUT2D eigenvalue weighted by atomic mass is 16.1. The summed E-state index contributed by atoms with van der Waals surface area (Å²) in [6.07, 6.45) is 1.27. The molecule has 15 heavy (non-hydrogen) atoms. The lowest BCUT2D eigenvalue weighted by Crippen LogP contribution is -2.19. The predicted octanol–water partition coefficient (Wildman–Crippen LogP) is 1.32. The van der Waals surface area contributed by atoms with Crippen molar-refractivity contribution in [1.29, 1.82) is 0 Å². The topological polar surface area (TPSA) is 41.1 Å². The fourth-order valence-electron chi connectivity index (χ4n) is 0.857. The Morgan fingerprint density at radius 2 is 1.87 bits per heavy atom. The van der Waals surface area contributed by atoms with Crippen LogP contribution in [0, 0.1) is 0 Å². The lowest BCUT2D eigenvalue weighted by Gasteiger charge is -2.00. The van der Waals surface area contributed by atoms with Crippen LogP contribution in [0.1, 0.15) is 5.56 Å². The molecule has 0 aliphatic carbocycles. The number of amides is 1. The van der Waals surface area contributed by atoms with Crippen molar-refractivity contribution in [2.24, 2.45) is 0 Å². The van der Waals surface area contributed by atoms with Crippen molar-refractivity contribution in [2.45, 2.75) is 6.54 Å². The summed E-state index contributed by atoms with van der Waals surface area (Å²) in [6, 6.07) is 9.75. The standard InChI is InChI=1S/C10H11NO.C2H7N/c1-2-10(12)11-8-9-6-4-3-5-7-9;1-3-2/h2-7H,1,8H2,(H,11,12);3H,1-2H3. The molecule has 1 rings (SSSR count). The predicted molar refractivity (Wildman–Crippen MR) is 63.5 cm³/mol. The molecule has 3 nitrogen and oxygen atoms in total. The maximum absolute atomic E-state index is 10.8. The van der Waals surface area contributed by atoms with Gasteiger partial charge in [-0.25, -0.2) is 0 Å². The van der Waals surface area contributed by atoms with Crippen LogP contribution >= 0.6 is 0 Å². The summed E-state index contributed by atoms with van der Waals surface area (Å²) in [5.41, 5.74) is 1.09. The second-order valence-corrected chi connectivity index (χ2v) is 2.91. The lowest BCUT2D eigenvalue weighted by atomic mass is 10.2. The first-order valence-corrected chi connectivity index (χ1v) is 4.77. The maximum atomic E-state index is 10.8. The average molecular weight is 206 g/mol. The van der Waals surface area contributed by atoms with E-state index in [0.29, 0.717) is 6.54 Å². The monoisotopic (exact) mass is 206 g/mol. The highest BCUT2D eigenvalue weighted by molar-refractivity contribution is 5.86. The van der Waals surface area contributed by atoms with E-state index in [1.165, 1.54) is 6.08 Å². The Hall–Kier alpha value is -1.61. The molecule has 0 radical (unpaired) electrons. The quantitative estimate of drug-likeness (QED) is 0.732. The van der Waals surface area contributed by atoms with Crippen LogP contribution in [-0.2, 0) is 11.3 Å². The van der Waals surface area contributed by atoms with Crippen LogP contribution in [-0.4, -0.2) is 20.0 Å². The minimum atomic E-state index is -0.140. The molecule has 3 heteroatoms. The summed E-state index contributed by atoms with van der Waals surface area (Å²) in [7, 11) is 3.75. The van der Waals surface area contributed by atoms with Crippen molar-refractivity contribution >= 4 is 5.91 Å². The Morgan fingerprint density at radius 3 is 2.33 bits per heavy atom. The van der Waals surface area contributed by atoms with E-state index in [9.17, 15) is 4.79 Å². The van der Waals surface area contributed by atoms with Crippen LogP contribution in [0.2, 0.25) is 0 Å². The summed E-state index contributed by atoms with van der Waals surface area (Å²) in [5, 5.41) is 5.44. The average Bonchev–Trinajstić information content (AvgIpc) is 2.28. The molecule has 1 aromatic carbocycles. The third-order valence-electron chi connectivity index (χ3n) is 1.49. The zero-order chi connectivity index (χ0) is 11.5. The molecule has 0 bridgehead atoms. The smallest absolute Gasteiger partial charge is 0.243 e. The number of hydrogen-bond acceptors (Lipinski definition) is 2. The van der Waals surface area contributed by atoms with Gasteiger partial charge in [0, 0.05) is 6.54 Å². The van der Waals surface area contributed by atoms with Gasteiger partial charge in [0.2, 0.25) is 5.91 Å². The second-order valence-electron chi connectivity index (χ2n) is 2.91. The summed E-state index contributed by atoms with van der Waals surface area (Å²) >= 11 is 0. The molecule has 82 valence electrons. The molecule has 0 heterocycles. The van der Waals surface area contributed by atoms with Crippen molar-refractivity contribution in [2.75, 3.05) is 14.1 Å². The van der Waals surface area contributed by atoms with Crippen LogP contribution in [0.25, 0.3) is 0 Å². The number of carbonyl (C=O) groups excluding carboxylic acids is 1. The molecule has 0 fully saturated rings. The van der Waals surface area contributed by atoms with Gasteiger partial charge in [-0.05, 0) is 25.7 Å². The number of nitrogens with one attached hydrogen (secondary N) is 2. The molecular weight excluding hydrogens is 188 g/mol. The first-order chi connectivity index (χ1) is 7.24. The Morgan fingerprint density at radius 1 is 1.33 bits per heavy atom. The van der Waals surface area contributed by atoms with Gasteiger partial charge in [-0.3, -0.25) is 4.79 Å². The minimum Gasteiger partial charge on any atom is -0.348 e. The van der Waals surface area contributed by atoms with E-state index in [1.54, 1.807) is 0 Å². The minimum absolute atomic E-state index is 0.140. The Labute approximate surface area is 91.2 Å². The van der Waals surface area contributed by atoms with E-state index in [0.717, 1.165) is 5.56 Å². The Kier molecular flexibility index (Phi) is 8.00. The Balaban J connectivity index is 0.000000583. The van der Waals surface area contributed by atoms with Gasteiger partial charge in [-0.2, -0.15) is 0 Å². The molecule has 0 aliphatic heterocycles. The van der Waals surface area contributed by atoms with Gasteiger partial charge in [-0.15, -0.1) is 0 Å². The van der Waals surface area contributed by atoms with E-state index >= 15 is 0 Å². The van der Waals surface area contributed by atoms with Gasteiger partial charge in [-0.1, -0.05) is 36.9 Å². The SMILES string of the molecule is C=CC(=O)NCc1ccccc1.CNC. The summed E-state index contributed by atoms with van der Waals surface area (Å²) in [5.74, 6) is -0.140. The molecule has 0 atom stereocenters. The molecule has 1 amide bonds. The van der Waals surface area contributed by atoms with E-state index in [1.807, 2.05) is 44.4 Å². The van der Waals surface area contributed by atoms with Crippen molar-refractivity contribution in [3.05, 3.63) is 48.6 Å². The van der Waals surface area contributed by atoms with E-state index in [2.05, 4.69) is 17.2 Å². The largest absolute Gasteiger partial charge is 0.348 e. The van der Waals surface area contributed by atoms with Crippen molar-refractivity contribution in [3.63, 3.8) is 0 Å². The summed E-state index contributed by atoms with van der Waals surface area (Å²) < 4.78 is 0. The van der Waals surface area contributed by atoms with Gasteiger partial charge >= 0.3 is 0 Å². The fraction of sp³-hybridized carbons (Fsp3) is 0.250. The zero-order valence-corrected chi connectivity index (χ0v) is 9.29. The number of carbonyl (C=O) groups is 1. The van der Waals surface area contributed by atoms with Crippen LogP contribution in [0.5, 0.6) is 0 Å². The molecule has 2 N–H and O–H groups in total. The van der Waals surface area contributed by atoms with Gasteiger partial charge in [0.25, 0.3) is 0 Å². The number of rotatable bonds is 3. The van der Waals surface area contributed by atoms with Crippen molar-refractivity contribution < 1.29 is 4.79 Å². The van der Waals surface area contributed by atoms with E-state index < -0.39 is 0 Å². The van der Waals surface area contributed by atoms with E-state index in [4.69, 9.17) is 0 Å². The zero-order valence-electron chi connectivity index (χ0n) is 9.29. The first kappa shape index (κ1) is 13.4. The Bertz CT molecular complexity index is 283. The van der Waals surface area contributed by atoms with Crippen LogP contribution < -0.4 is 10.6 Å².